The molecule has 1 aromatic carbocycles. The molecule has 122 valence electrons. The van der Waals surface area contributed by atoms with E-state index < -0.39 is 0 Å². The fraction of sp³-hybridized carbons (Fsp3) is 0.588. The van der Waals surface area contributed by atoms with Crippen molar-refractivity contribution in [3.05, 3.63) is 34.9 Å². The number of amides is 2. The first-order valence-electron chi connectivity index (χ1n) is 7.90. The first-order chi connectivity index (χ1) is 10.6. The smallest absolute Gasteiger partial charge is 0.315 e. The molecule has 2 N–H and O–H groups in total. The summed E-state index contributed by atoms with van der Waals surface area (Å²) in [6.07, 6.45) is 0.788. The van der Waals surface area contributed by atoms with Crippen LogP contribution in [0.15, 0.2) is 18.2 Å². The third kappa shape index (κ3) is 4.45. The maximum atomic E-state index is 12.0. The van der Waals surface area contributed by atoms with Gasteiger partial charge in [0, 0.05) is 13.2 Å². The second-order valence-corrected chi connectivity index (χ2v) is 5.66. The average Bonchev–Trinajstić information content (AvgIpc) is 2.90. The van der Waals surface area contributed by atoms with Gasteiger partial charge in [-0.25, -0.2) is 4.79 Å². The number of ether oxygens (including phenoxy) is 2. The van der Waals surface area contributed by atoms with Gasteiger partial charge >= 0.3 is 6.03 Å². The minimum absolute atomic E-state index is 0.0469. The average molecular weight is 306 g/mol. The quantitative estimate of drug-likeness (QED) is 0.844. The van der Waals surface area contributed by atoms with E-state index in [9.17, 15) is 4.79 Å². The van der Waals surface area contributed by atoms with E-state index in [-0.39, 0.29) is 18.2 Å². The zero-order chi connectivity index (χ0) is 15.9. The lowest BCUT2D eigenvalue weighted by atomic mass is 10.0. The molecule has 5 nitrogen and oxygen atoms in total. The molecule has 1 aliphatic heterocycles. The van der Waals surface area contributed by atoms with Crippen LogP contribution >= 0.6 is 0 Å². The maximum Gasteiger partial charge on any atom is 0.315 e. The predicted molar refractivity (Wildman–Crippen MR) is 86.2 cm³/mol. The van der Waals surface area contributed by atoms with Crippen LogP contribution in [0.1, 0.15) is 23.6 Å². The van der Waals surface area contributed by atoms with Crippen LogP contribution in [0.5, 0.6) is 0 Å². The third-order valence-corrected chi connectivity index (χ3v) is 4.03. The lowest BCUT2D eigenvalue weighted by Gasteiger charge is -2.19. The van der Waals surface area contributed by atoms with Gasteiger partial charge in [0.2, 0.25) is 0 Å². The van der Waals surface area contributed by atoms with Crippen molar-refractivity contribution in [1.29, 1.82) is 0 Å². The maximum absolute atomic E-state index is 12.0. The highest BCUT2D eigenvalue weighted by atomic mass is 16.5. The molecule has 1 aromatic rings. The van der Waals surface area contributed by atoms with Gasteiger partial charge in [0.1, 0.15) is 6.10 Å². The van der Waals surface area contributed by atoms with Crippen molar-refractivity contribution in [3.8, 4) is 0 Å². The van der Waals surface area contributed by atoms with Gasteiger partial charge in [-0.2, -0.15) is 0 Å². The predicted octanol–water partition coefficient (Wildman–Crippen LogP) is 1.95. The van der Waals surface area contributed by atoms with Crippen molar-refractivity contribution in [3.63, 3.8) is 0 Å². The number of carbonyl (C=O) groups excluding carboxylic acids is 1. The van der Waals surface area contributed by atoms with Gasteiger partial charge in [0.15, 0.2) is 0 Å². The minimum atomic E-state index is -0.161. The van der Waals surface area contributed by atoms with E-state index in [1.54, 1.807) is 0 Å². The van der Waals surface area contributed by atoms with Crippen LogP contribution in [-0.2, 0) is 15.9 Å². The van der Waals surface area contributed by atoms with Gasteiger partial charge in [-0.3, -0.25) is 0 Å². The molecule has 0 spiro atoms. The molecule has 1 fully saturated rings. The van der Waals surface area contributed by atoms with Gasteiger partial charge in [-0.05, 0) is 43.9 Å². The summed E-state index contributed by atoms with van der Waals surface area (Å²) >= 11 is 0. The summed E-state index contributed by atoms with van der Waals surface area (Å²) < 4.78 is 10.9. The van der Waals surface area contributed by atoms with Crippen LogP contribution in [0.25, 0.3) is 0 Å². The number of nitrogens with one attached hydrogen (secondary N) is 2. The van der Waals surface area contributed by atoms with Gasteiger partial charge in [-0.1, -0.05) is 18.2 Å². The zero-order valence-corrected chi connectivity index (χ0v) is 13.6. The first kappa shape index (κ1) is 16.8. The Hall–Kier alpha value is -1.59. The van der Waals surface area contributed by atoms with E-state index in [0.29, 0.717) is 26.4 Å². The van der Waals surface area contributed by atoms with E-state index in [0.717, 1.165) is 6.42 Å². The third-order valence-electron chi connectivity index (χ3n) is 4.03. The summed E-state index contributed by atoms with van der Waals surface area (Å²) in [5.74, 6) is 0. The standard InChI is InChI=1S/C17H26N2O3/c1-4-22-16-11-21-10-15(16)19-17(20)18-9-8-14-12(2)6-5-7-13(14)3/h5-7,15-16H,4,8-11H2,1-3H3,(H2,18,19,20)/t15-,16-/m1/s1. The van der Waals surface area contributed by atoms with Gasteiger partial charge < -0.3 is 20.1 Å². The SMILES string of the molecule is CCO[C@@H]1COC[C@H]1NC(=O)NCCc1c(C)cccc1C. The molecule has 2 atom stereocenters. The van der Waals surface area contributed by atoms with Crippen molar-refractivity contribution in [2.24, 2.45) is 0 Å². The highest BCUT2D eigenvalue weighted by Crippen LogP contribution is 2.13. The van der Waals surface area contributed by atoms with Gasteiger partial charge in [-0.15, -0.1) is 0 Å². The van der Waals surface area contributed by atoms with Crippen molar-refractivity contribution in [2.75, 3.05) is 26.4 Å². The van der Waals surface area contributed by atoms with Crippen molar-refractivity contribution >= 4 is 6.03 Å². The van der Waals surface area contributed by atoms with Gasteiger partial charge in [0.05, 0.1) is 19.3 Å². The summed E-state index contributed by atoms with van der Waals surface area (Å²) in [6.45, 7) is 8.44. The van der Waals surface area contributed by atoms with Crippen molar-refractivity contribution in [1.82, 2.24) is 10.6 Å². The molecule has 0 unspecified atom stereocenters. The summed E-state index contributed by atoms with van der Waals surface area (Å²) in [5, 5.41) is 5.84. The first-order valence-corrected chi connectivity index (χ1v) is 7.90. The Bertz CT molecular complexity index is 484. The molecule has 0 bridgehead atoms. The molecular weight excluding hydrogens is 280 g/mol. The molecule has 2 rings (SSSR count). The largest absolute Gasteiger partial charge is 0.376 e. The van der Waals surface area contributed by atoms with E-state index in [1.165, 1.54) is 16.7 Å². The summed E-state index contributed by atoms with van der Waals surface area (Å²) in [5.41, 5.74) is 3.84. The fourth-order valence-electron chi connectivity index (χ4n) is 2.81. The molecular formula is C17H26N2O3. The number of hydrogen-bond donors (Lipinski definition) is 2. The molecule has 5 heteroatoms. The minimum Gasteiger partial charge on any atom is -0.376 e. The zero-order valence-electron chi connectivity index (χ0n) is 13.6. The normalized spacial score (nSPS) is 20.9. The molecule has 0 aliphatic carbocycles. The molecule has 1 saturated heterocycles. The van der Waals surface area contributed by atoms with Crippen LogP contribution in [-0.4, -0.2) is 44.5 Å². The van der Waals surface area contributed by atoms with Gasteiger partial charge in [0.25, 0.3) is 0 Å². The van der Waals surface area contributed by atoms with Crippen LogP contribution in [0, 0.1) is 13.8 Å². The van der Waals surface area contributed by atoms with E-state index in [1.807, 2.05) is 6.92 Å². The Labute approximate surface area is 132 Å². The number of carbonyl (C=O) groups is 1. The lowest BCUT2D eigenvalue weighted by molar-refractivity contribution is 0.0426. The highest BCUT2D eigenvalue weighted by Gasteiger charge is 2.29. The van der Waals surface area contributed by atoms with E-state index >= 15 is 0 Å². The number of rotatable bonds is 6. The molecule has 0 saturated carbocycles. The topological polar surface area (TPSA) is 59.6 Å². The van der Waals surface area contributed by atoms with Crippen molar-refractivity contribution in [2.45, 2.75) is 39.3 Å². The van der Waals surface area contributed by atoms with E-state index in [2.05, 4.69) is 42.7 Å². The van der Waals surface area contributed by atoms with E-state index in [4.69, 9.17) is 9.47 Å². The molecule has 2 amide bonds. The Balaban J connectivity index is 1.76. The Morgan fingerprint density at radius 2 is 2.05 bits per heavy atom. The van der Waals surface area contributed by atoms with Crippen LogP contribution in [0.4, 0.5) is 4.79 Å². The monoisotopic (exact) mass is 306 g/mol. The number of hydrogen-bond acceptors (Lipinski definition) is 3. The number of aryl methyl sites for hydroxylation is 2. The lowest BCUT2D eigenvalue weighted by Crippen LogP contribution is -2.48. The van der Waals surface area contributed by atoms with Crippen LogP contribution in [0.3, 0.4) is 0 Å². The highest BCUT2D eigenvalue weighted by molar-refractivity contribution is 5.74. The second kappa shape index (κ2) is 8.15. The van der Waals surface area contributed by atoms with Crippen LogP contribution < -0.4 is 10.6 Å². The summed E-state index contributed by atoms with van der Waals surface area (Å²) in [7, 11) is 0. The number of benzene rings is 1. The fourth-order valence-corrected chi connectivity index (χ4v) is 2.81. The number of urea groups is 1. The Kier molecular flexibility index (Phi) is 6.21. The Morgan fingerprint density at radius 3 is 2.73 bits per heavy atom. The van der Waals surface area contributed by atoms with Crippen LogP contribution in [0.2, 0.25) is 0 Å². The molecule has 22 heavy (non-hydrogen) atoms. The van der Waals surface area contributed by atoms with Crippen molar-refractivity contribution < 1.29 is 14.3 Å². The molecule has 0 radical (unpaired) electrons. The Morgan fingerprint density at radius 1 is 1.32 bits per heavy atom. The summed E-state index contributed by atoms with van der Waals surface area (Å²) in [4.78, 5) is 12.0. The molecule has 0 aromatic heterocycles. The second-order valence-electron chi connectivity index (χ2n) is 5.66. The molecule has 1 aliphatic rings. The molecule has 1 heterocycles. The summed E-state index contributed by atoms with van der Waals surface area (Å²) in [6, 6.07) is 6.03.